The van der Waals surface area contributed by atoms with Crippen molar-refractivity contribution in [3.63, 3.8) is 0 Å². The normalized spacial score (nSPS) is 20.3. The van der Waals surface area contributed by atoms with Crippen LogP contribution in [0.5, 0.6) is 0 Å². The van der Waals surface area contributed by atoms with Crippen LogP contribution in [-0.2, 0) is 16.7 Å². The van der Waals surface area contributed by atoms with Crippen molar-refractivity contribution < 1.29 is 14.0 Å². The second-order valence-electron chi connectivity index (χ2n) is 8.89. The Bertz CT molecular complexity index is 1310. The van der Waals surface area contributed by atoms with Crippen LogP contribution in [0.1, 0.15) is 46.0 Å². The van der Waals surface area contributed by atoms with Crippen molar-refractivity contribution in [2.75, 3.05) is 12.4 Å². The number of hydrogen-bond donors (Lipinski definition) is 3. The summed E-state index contributed by atoms with van der Waals surface area (Å²) in [5, 5.41) is 12.5. The second-order valence-corrected chi connectivity index (χ2v) is 8.89. The predicted octanol–water partition coefficient (Wildman–Crippen LogP) is 4.36. The fraction of sp³-hybridized carbons (Fsp3) is 0.480. The van der Waals surface area contributed by atoms with Gasteiger partial charge in [-0.25, -0.2) is 24.8 Å². The molecule has 1 amide bonds. The summed E-state index contributed by atoms with van der Waals surface area (Å²) in [5.74, 6) is 2.48. The first-order valence-electron chi connectivity index (χ1n) is 12.4. The number of hydrogen-bond acceptors (Lipinski definition) is 7. The number of pyridine rings is 1. The summed E-state index contributed by atoms with van der Waals surface area (Å²) < 4.78 is 15.8. The van der Waals surface area contributed by atoms with E-state index in [0.29, 0.717) is 40.9 Å². The third-order valence-corrected chi connectivity index (χ3v) is 6.86. The van der Waals surface area contributed by atoms with Gasteiger partial charge in [0.25, 0.3) is 0 Å². The molecule has 4 aromatic rings. The number of anilines is 1. The summed E-state index contributed by atoms with van der Waals surface area (Å²) in [5.41, 5.74) is 3.81. The van der Waals surface area contributed by atoms with Crippen molar-refractivity contribution in [3.05, 3.63) is 30.3 Å². The van der Waals surface area contributed by atoms with Gasteiger partial charge in [0, 0.05) is 19.3 Å². The molecule has 4 aromatic heterocycles. The maximum Gasteiger partial charge on any atom is 0.230 e. The molecule has 10 nitrogen and oxygen atoms in total. The number of H-pyrrole nitrogens is 1. The van der Waals surface area contributed by atoms with Gasteiger partial charge in [-0.3, -0.25) is 14.7 Å². The van der Waals surface area contributed by atoms with Crippen LogP contribution in [0.2, 0.25) is 0 Å². The Morgan fingerprint density at radius 3 is 2.61 bits per heavy atom. The van der Waals surface area contributed by atoms with Crippen LogP contribution in [0.3, 0.4) is 0 Å². The van der Waals surface area contributed by atoms with Crippen molar-refractivity contribution in [3.8, 4) is 11.5 Å². The molecule has 3 saturated carbocycles. The van der Waals surface area contributed by atoms with Crippen LogP contribution in [0, 0.1) is 17.7 Å². The number of aromatic nitrogens is 6. The number of aryl methyl sites for hydroxylation is 1. The lowest BCUT2D eigenvalue weighted by molar-refractivity contribution is -0.118. The topological polar surface area (TPSA) is 123 Å². The van der Waals surface area contributed by atoms with E-state index < -0.39 is 5.82 Å². The Kier molecular flexibility index (Phi) is 8.09. The molecule has 0 aliphatic heterocycles. The van der Waals surface area contributed by atoms with Crippen molar-refractivity contribution in [1.82, 2.24) is 35.2 Å². The molecule has 11 heteroatoms. The number of carbonyl (C=O) groups excluding carboxylic acids is 1. The summed E-state index contributed by atoms with van der Waals surface area (Å²) in [7, 11) is 3.34. The molecule has 0 radical (unpaired) electrons. The first kappa shape index (κ1) is 25.5. The predicted molar refractivity (Wildman–Crippen MR) is 136 cm³/mol. The van der Waals surface area contributed by atoms with E-state index in [-0.39, 0.29) is 0 Å². The number of aromatic amines is 1. The third kappa shape index (κ3) is 5.15. The van der Waals surface area contributed by atoms with Gasteiger partial charge in [0.05, 0.1) is 24.1 Å². The lowest BCUT2D eigenvalue weighted by Gasteiger charge is -2.42. The minimum absolute atomic E-state index is 0.406. The van der Waals surface area contributed by atoms with Gasteiger partial charge in [0.1, 0.15) is 23.0 Å². The highest BCUT2D eigenvalue weighted by Gasteiger charge is 2.36. The van der Waals surface area contributed by atoms with E-state index in [1.807, 2.05) is 37.1 Å². The Hall–Kier alpha value is -3.60. The first-order valence-corrected chi connectivity index (χ1v) is 12.4. The molecular formula is C25H33FN8O2. The van der Waals surface area contributed by atoms with Crippen molar-refractivity contribution in [1.29, 1.82) is 0 Å². The second kappa shape index (κ2) is 11.4. The molecule has 3 aliphatic carbocycles. The van der Waals surface area contributed by atoms with Crippen LogP contribution >= 0.6 is 0 Å². The molecular weight excluding hydrogens is 463 g/mol. The maximum absolute atomic E-state index is 13.8. The van der Waals surface area contributed by atoms with Gasteiger partial charge >= 0.3 is 0 Å². The summed E-state index contributed by atoms with van der Waals surface area (Å²) in [6, 6.07) is 3.92. The average molecular weight is 497 g/mol. The Balaban J connectivity index is 0.000000391. The van der Waals surface area contributed by atoms with E-state index in [1.165, 1.54) is 51.5 Å². The van der Waals surface area contributed by atoms with Crippen molar-refractivity contribution in [2.45, 2.75) is 52.0 Å². The summed E-state index contributed by atoms with van der Waals surface area (Å²) in [6.45, 7) is 4.00. The molecule has 2 bridgehead atoms. The molecule has 7 rings (SSSR count). The van der Waals surface area contributed by atoms with E-state index in [2.05, 4.69) is 31.4 Å². The SMILES string of the molecule is CC.CONC=O.Cn1ccc2c(NC3CC4CCC3CC4)nc(-c3[nH]nc4ncc(F)cc34)nc21. The molecule has 192 valence electrons. The zero-order chi connectivity index (χ0) is 25.7. The molecule has 0 spiro atoms. The molecule has 0 saturated heterocycles. The molecule has 3 aliphatic rings. The lowest BCUT2D eigenvalue weighted by Crippen LogP contribution is -2.40. The first-order chi connectivity index (χ1) is 17.6. The van der Waals surface area contributed by atoms with Gasteiger partial charge in [0.15, 0.2) is 11.5 Å². The van der Waals surface area contributed by atoms with Gasteiger partial charge in [-0.15, -0.1) is 0 Å². The van der Waals surface area contributed by atoms with E-state index >= 15 is 0 Å². The monoisotopic (exact) mass is 496 g/mol. The van der Waals surface area contributed by atoms with Gasteiger partial charge < -0.3 is 9.88 Å². The van der Waals surface area contributed by atoms with Gasteiger partial charge in [-0.1, -0.05) is 26.7 Å². The highest BCUT2D eigenvalue weighted by atomic mass is 19.1. The quantitative estimate of drug-likeness (QED) is 0.277. The molecule has 0 aromatic carbocycles. The molecule has 36 heavy (non-hydrogen) atoms. The van der Waals surface area contributed by atoms with Gasteiger partial charge in [-0.05, 0) is 43.2 Å². The number of hydroxylamine groups is 1. The third-order valence-electron chi connectivity index (χ3n) is 6.86. The number of halogens is 1. The van der Waals surface area contributed by atoms with E-state index in [1.54, 1.807) is 0 Å². The van der Waals surface area contributed by atoms with E-state index in [4.69, 9.17) is 14.8 Å². The fourth-order valence-corrected chi connectivity index (χ4v) is 5.18. The van der Waals surface area contributed by atoms with Crippen LogP contribution in [0.4, 0.5) is 10.2 Å². The fourth-order valence-electron chi connectivity index (χ4n) is 5.18. The highest BCUT2D eigenvalue weighted by Crippen LogP contribution is 2.43. The average Bonchev–Trinajstić information content (AvgIpc) is 3.50. The molecule has 1 unspecified atom stereocenters. The highest BCUT2D eigenvalue weighted by molar-refractivity contribution is 5.93. The molecule has 3 fully saturated rings. The number of fused-ring (bicyclic) bond motifs is 5. The maximum atomic E-state index is 13.8. The standard InChI is InChI=1S/C21H22FN7.C2H5NO2.C2H6/c1-29-7-6-14-19(24-16-8-11-2-4-12(16)5-3-11)25-20(26-21(14)29)17-15-9-13(22)10-23-18(15)28-27-17;1-5-3-2-4;1-2/h6-7,9-12,16H,2-5,8H2,1H3,(H,23,27,28)(H,24,25,26);2H,1H3,(H,3,4);1-2H3. The van der Waals surface area contributed by atoms with E-state index in [0.717, 1.165) is 22.8 Å². The van der Waals surface area contributed by atoms with Gasteiger partial charge in [-0.2, -0.15) is 5.10 Å². The summed E-state index contributed by atoms with van der Waals surface area (Å²) in [4.78, 5) is 26.9. The number of nitrogens with zero attached hydrogens (tertiary/aromatic N) is 5. The van der Waals surface area contributed by atoms with Crippen LogP contribution < -0.4 is 10.8 Å². The van der Waals surface area contributed by atoms with Crippen LogP contribution in [0.15, 0.2) is 24.5 Å². The number of carbonyl (C=O) groups is 1. The number of amides is 1. The summed E-state index contributed by atoms with van der Waals surface area (Å²) >= 11 is 0. The Morgan fingerprint density at radius 2 is 1.97 bits per heavy atom. The summed E-state index contributed by atoms with van der Waals surface area (Å²) in [6.07, 6.45) is 10.1. The minimum Gasteiger partial charge on any atom is -0.366 e. The van der Waals surface area contributed by atoms with Crippen LogP contribution in [0.25, 0.3) is 33.6 Å². The van der Waals surface area contributed by atoms with Gasteiger partial charge in [0.2, 0.25) is 6.41 Å². The molecule has 3 N–H and O–H groups in total. The van der Waals surface area contributed by atoms with Crippen molar-refractivity contribution >= 4 is 34.3 Å². The Morgan fingerprint density at radius 1 is 1.19 bits per heavy atom. The largest absolute Gasteiger partial charge is 0.366 e. The van der Waals surface area contributed by atoms with E-state index in [9.17, 15) is 4.39 Å². The number of nitrogens with one attached hydrogen (secondary N) is 3. The minimum atomic E-state index is -0.406. The molecule has 4 heterocycles. The smallest absolute Gasteiger partial charge is 0.230 e. The van der Waals surface area contributed by atoms with Crippen molar-refractivity contribution in [2.24, 2.45) is 18.9 Å². The molecule has 1 atom stereocenters. The zero-order valence-corrected chi connectivity index (χ0v) is 21.1. The Labute approximate surface area is 209 Å². The zero-order valence-electron chi connectivity index (χ0n) is 21.1. The van der Waals surface area contributed by atoms with Crippen LogP contribution in [-0.4, -0.2) is 49.3 Å². The number of rotatable bonds is 5. The lowest BCUT2D eigenvalue weighted by atomic mass is 9.68.